The first-order valence-electron chi connectivity index (χ1n) is 5.45. The van der Waals surface area contributed by atoms with E-state index in [4.69, 9.17) is 10.2 Å². The van der Waals surface area contributed by atoms with E-state index in [9.17, 15) is 4.79 Å². The van der Waals surface area contributed by atoms with E-state index >= 15 is 0 Å². The highest BCUT2D eigenvalue weighted by atomic mass is 16.3. The summed E-state index contributed by atoms with van der Waals surface area (Å²) in [5.74, 6) is -0.131. The largest absolute Gasteiger partial charge is 0.459 e. The predicted octanol–water partition coefficient (Wildman–Crippen LogP) is 1.82. The van der Waals surface area contributed by atoms with Crippen LogP contribution in [0.5, 0.6) is 0 Å². The molecular formula is C13H13N3O2. The summed E-state index contributed by atoms with van der Waals surface area (Å²) in [7, 11) is 0. The van der Waals surface area contributed by atoms with Crippen molar-refractivity contribution in [3.05, 3.63) is 54.0 Å². The average Bonchev–Trinajstić information content (AvgIpc) is 2.90. The van der Waals surface area contributed by atoms with Crippen LogP contribution in [0.1, 0.15) is 16.1 Å². The van der Waals surface area contributed by atoms with Gasteiger partial charge in [0.25, 0.3) is 0 Å². The van der Waals surface area contributed by atoms with Gasteiger partial charge in [-0.2, -0.15) is 5.10 Å². The monoisotopic (exact) mass is 243 g/mol. The van der Waals surface area contributed by atoms with E-state index in [0.717, 1.165) is 11.3 Å². The minimum atomic E-state index is -0.367. The highest BCUT2D eigenvalue weighted by Gasteiger charge is 2.05. The third-order valence-electron chi connectivity index (χ3n) is 2.31. The lowest BCUT2D eigenvalue weighted by Gasteiger charge is -1.97. The van der Waals surface area contributed by atoms with Crippen LogP contribution in [-0.2, 0) is 6.42 Å². The van der Waals surface area contributed by atoms with Crippen LogP contribution >= 0.6 is 0 Å². The molecule has 0 unspecified atom stereocenters. The van der Waals surface area contributed by atoms with Gasteiger partial charge in [0.2, 0.25) is 0 Å². The zero-order valence-electron chi connectivity index (χ0n) is 9.67. The summed E-state index contributed by atoms with van der Waals surface area (Å²) in [5.41, 5.74) is 9.75. The number of carbonyl (C=O) groups is 1. The van der Waals surface area contributed by atoms with Crippen molar-refractivity contribution < 1.29 is 9.21 Å². The average molecular weight is 243 g/mol. The molecule has 0 bridgehead atoms. The number of amides is 1. The molecule has 0 aliphatic rings. The number of anilines is 1. The number of rotatable bonds is 4. The topological polar surface area (TPSA) is 80.6 Å². The molecule has 0 aliphatic heterocycles. The van der Waals surface area contributed by atoms with Gasteiger partial charge in [0.05, 0.1) is 6.26 Å². The molecule has 1 heterocycles. The lowest BCUT2D eigenvalue weighted by Crippen LogP contribution is -2.16. The smallest absolute Gasteiger partial charge is 0.307 e. The van der Waals surface area contributed by atoms with E-state index in [1.807, 2.05) is 24.3 Å². The normalized spacial score (nSPS) is 10.7. The Bertz CT molecular complexity index is 530. The number of hydrogen-bond donors (Lipinski definition) is 2. The summed E-state index contributed by atoms with van der Waals surface area (Å²) in [6.45, 7) is 0. The molecule has 5 heteroatoms. The molecule has 1 aromatic carbocycles. The molecule has 2 aromatic rings. The Morgan fingerprint density at radius 2 is 2.11 bits per heavy atom. The number of hydrazone groups is 1. The van der Waals surface area contributed by atoms with Gasteiger partial charge in [-0.25, -0.2) is 5.43 Å². The molecule has 3 N–H and O–H groups in total. The summed E-state index contributed by atoms with van der Waals surface area (Å²) in [6, 6.07) is 10.7. The van der Waals surface area contributed by atoms with Gasteiger partial charge in [-0.15, -0.1) is 0 Å². The number of nitrogens with two attached hydrogens (primary N) is 1. The predicted molar refractivity (Wildman–Crippen MR) is 69.2 cm³/mol. The molecule has 0 radical (unpaired) electrons. The first-order valence-corrected chi connectivity index (χ1v) is 5.45. The minimum absolute atomic E-state index is 0.236. The lowest BCUT2D eigenvalue weighted by molar-refractivity contribution is 0.0927. The van der Waals surface area contributed by atoms with E-state index in [-0.39, 0.29) is 11.7 Å². The SMILES string of the molecule is Nc1ccc(CC=NNC(=O)c2ccco2)cc1. The van der Waals surface area contributed by atoms with Gasteiger partial charge in [-0.3, -0.25) is 4.79 Å². The van der Waals surface area contributed by atoms with Crippen molar-refractivity contribution in [2.45, 2.75) is 6.42 Å². The van der Waals surface area contributed by atoms with Crippen LogP contribution in [0.25, 0.3) is 0 Å². The Morgan fingerprint density at radius 3 is 2.78 bits per heavy atom. The van der Waals surface area contributed by atoms with Crippen LogP contribution in [0.15, 0.2) is 52.2 Å². The van der Waals surface area contributed by atoms with Crippen molar-refractivity contribution in [2.24, 2.45) is 5.10 Å². The van der Waals surface area contributed by atoms with Crippen molar-refractivity contribution >= 4 is 17.8 Å². The maximum Gasteiger partial charge on any atom is 0.307 e. The number of nitrogen functional groups attached to an aromatic ring is 1. The van der Waals surface area contributed by atoms with Gasteiger partial charge in [0.1, 0.15) is 0 Å². The molecule has 0 saturated carbocycles. The highest BCUT2D eigenvalue weighted by molar-refractivity contribution is 5.91. The maximum absolute atomic E-state index is 11.4. The van der Waals surface area contributed by atoms with Crippen LogP contribution in [0.2, 0.25) is 0 Å². The summed E-state index contributed by atoms with van der Waals surface area (Å²) in [4.78, 5) is 11.4. The van der Waals surface area contributed by atoms with E-state index < -0.39 is 0 Å². The van der Waals surface area contributed by atoms with Crippen molar-refractivity contribution in [3.8, 4) is 0 Å². The molecule has 0 saturated heterocycles. The quantitative estimate of drug-likeness (QED) is 0.488. The second kappa shape index (κ2) is 5.67. The molecule has 0 aliphatic carbocycles. The fraction of sp³-hybridized carbons (Fsp3) is 0.0769. The molecule has 0 atom stereocenters. The van der Waals surface area contributed by atoms with E-state index in [2.05, 4.69) is 10.5 Å². The number of nitrogens with zero attached hydrogens (tertiary/aromatic N) is 1. The van der Waals surface area contributed by atoms with Crippen LogP contribution < -0.4 is 11.2 Å². The minimum Gasteiger partial charge on any atom is -0.459 e. The molecule has 1 amide bonds. The summed E-state index contributed by atoms with van der Waals surface area (Å²) >= 11 is 0. The number of benzene rings is 1. The van der Waals surface area contributed by atoms with Crippen molar-refractivity contribution in [1.82, 2.24) is 5.43 Å². The van der Waals surface area contributed by atoms with E-state index in [0.29, 0.717) is 6.42 Å². The van der Waals surface area contributed by atoms with Crippen molar-refractivity contribution in [2.75, 3.05) is 5.73 Å². The second-order valence-corrected chi connectivity index (χ2v) is 3.68. The summed E-state index contributed by atoms with van der Waals surface area (Å²) < 4.78 is 4.92. The van der Waals surface area contributed by atoms with Crippen molar-refractivity contribution in [1.29, 1.82) is 0 Å². The maximum atomic E-state index is 11.4. The van der Waals surface area contributed by atoms with E-state index in [1.165, 1.54) is 6.26 Å². The highest BCUT2D eigenvalue weighted by Crippen LogP contribution is 2.05. The van der Waals surface area contributed by atoms with Crippen LogP contribution in [0.4, 0.5) is 5.69 Å². The van der Waals surface area contributed by atoms with E-state index in [1.54, 1.807) is 18.3 Å². The van der Waals surface area contributed by atoms with Gasteiger partial charge in [-0.05, 0) is 29.8 Å². The molecule has 18 heavy (non-hydrogen) atoms. The molecular weight excluding hydrogens is 230 g/mol. The van der Waals surface area contributed by atoms with Crippen LogP contribution in [-0.4, -0.2) is 12.1 Å². The Hall–Kier alpha value is -2.56. The zero-order chi connectivity index (χ0) is 12.8. The Morgan fingerprint density at radius 1 is 1.33 bits per heavy atom. The number of carbonyl (C=O) groups excluding carboxylic acids is 1. The fourth-order valence-electron chi connectivity index (χ4n) is 1.37. The third-order valence-corrected chi connectivity index (χ3v) is 2.31. The van der Waals surface area contributed by atoms with Crippen LogP contribution in [0.3, 0.4) is 0 Å². The molecule has 0 fully saturated rings. The molecule has 2 rings (SSSR count). The second-order valence-electron chi connectivity index (χ2n) is 3.68. The molecule has 0 spiro atoms. The van der Waals surface area contributed by atoms with Gasteiger partial charge in [0, 0.05) is 18.3 Å². The number of furan rings is 1. The fourth-order valence-corrected chi connectivity index (χ4v) is 1.37. The summed E-state index contributed by atoms with van der Waals surface area (Å²) in [5, 5.41) is 3.83. The van der Waals surface area contributed by atoms with Gasteiger partial charge < -0.3 is 10.2 Å². The zero-order valence-corrected chi connectivity index (χ0v) is 9.67. The Balaban J connectivity index is 1.82. The first kappa shape index (κ1) is 11.9. The molecule has 92 valence electrons. The number of nitrogens with one attached hydrogen (secondary N) is 1. The molecule has 5 nitrogen and oxygen atoms in total. The molecule has 1 aromatic heterocycles. The van der Waals surface area contributed by atoms with Gasteiger partial charge in [0.15, 0.2) is 5.76 Å². The van der Waals surface area contributed by atoms with Gasteiger partial charge >= 0.3 is 5.91 Å². The summed E-state index contributed by atoms with van der Waals surface area (Å²) in [6.07, 6.45) is 3.68. The van der Waals surface area contributed by atoms with Gasteiger partial charge in [-0.1, -0.05) is 12.1 Å². The lowest BCUT2D eigenvalue weighted by atomic mass is 10.1. The Labute approximate surface area is 104 Å². The van der Waals surface area contributed by atoms with Crippen LogP contribution in [0, 0.1) is 0 Å². The Kier molecular flexibility index (Phi) is 3.76. The third kappa shape index (κ3) is 3.21. The number of hydrogen-bond acceptors (Lipinski definition) is 4. The first-order chi connectivity index (χ1) is 8.75. The van der Waals surface area contributed by atoms with Crippen molar-refractivity contribution in [3.63, 3.8) is 0 Å². The standard InChI is InChI=1S/C13H13N3O2/c14-11-5-3-10(4-6-11)7-8-15-16-13(17)12-2-1-9-18-12/h1-6,8-9H,7,14H2,(H,16,17).